The van der Waals surface area contributed by atoms with E-state index in [1.807, 2.05) is 0 Å². The lowest BCUT2D eigenvalue weighted by molar-refractivity contribution is -0.0425. The number of halogens is 1. The Hall–Kier alpha value is -2.83. The quantitative estimate of drug-likeness (QED) is 0.369. The molecular weight excluding hydrogens is 509 g/mol. The third-order valence-electron chi connectivity index (χ3n) is 4.50. The van der Waals surface area contributed by atoms with Crippen LogP contribution in [0, 0.1) is 0 Å². The van der Waals surface area contributed by atoms with Crippen LogP contribution >= 0.6 is 11.8 Å². The number of hydrogen-bond donors (Lipinski definition) is 0. The second-order valence-corrected chi connectivity index (χ2v) is 13.0. The van der Waals surface area contributed by atoms with Gasteiger partial charge in [0.05, 0.1) is 0 Å². The lowest BCUT2D eigenvalue weighted by Crippen LogP contribution is -2.45. The third kappa shape index (κ3) is 8.61. The Morgan fingerprint density at radius 3 is 1.86 bits per heavy atom. The lowest BCUT2D eigenvalue weighted by Gasteiger charge is -2.28. The summed E-state index contributed by atoms with van der Waals surface area (Å²) in [4.78, 5) is 54.9. The van der Waals surface area contributed by atoms with Crippen LogP contribution in [0.2, 0.25) is 0 Å². The molecule has 0 bridgehead atoms. The zero-order valence-electron chi connectivity index (χ0n) is 22.9. The summed E-state index contributed by atoms with van der Waals surface area (Å²) in [6.45, 7) is 16.3. The van der Waals surface area contributed by atoms with Crippen LogP contribution < -0.4 is 10.6 Å². The number of hydrogen-bond acceptors (Lipinski definition) is 10. The van der Waals surface area contributed by atoms with Crippen LogP contribution in [0.3, 0.4) is 0 Å². The first-order valence-electron chi connectivity index (χ1n) is 11.7. The zero-order chi connectivity index (χ0) is 28.5. The van der Waals surface area contributed by atoms with Crippen LogP contribution in [0.4, 0.5) is 24.6 Å². The number of carbonyl (C=O) groups excluding carboxylic acids is 3. The smallest absolute Gasteiger partial charge is 0.443 e. The minimum absolute atomic E-state index is 0.349. The second-order valence-electron chi connectivity index (χ2n) is 11.5. The molecule has 208 valence electrons. The molecular formula is C24H36FN3O8S. The number of anilines is 1. The van der Waals surface area contributed by atoms with E-state index in [4.69, 9.17) is 18.9 Å². The molecule has 1 aliphatic heterocycles. The minimum Gasteiger partial charge on any atom is -0.443 e. The fourth-order valence-corrected chi connectivity index (χ4v) is 4.55. The number of nitrogens with zero attached hydrogens (tertiary/aromatic N) is 3. The molecule has 11 nitrogen and oxygen atoms in total. The van der Waals surface area contributed by atoms with E-state index in [2.05, 4.69) is 4.98 Å². The van der Waals surface area contributed by atoms with E-state index in [9.17, 15) is 19.2 Å². The molecule has 0 spiro atoms. The highest BCUT2D eigenvalue weighted by Gasteiger charge is 2.47. The van der Waals surface area contributed by atoms with Crippen molar-refractivity contribution in [2.45, 2.75) is 109 Å². The van der Waals surface area contributed by atoms with E-state index in [1.54, 1.807) is 69.2 Å². The van der Waals surface area contributed by atoms with Crippen LogP contribution in [-0.4, -0.2) is 62.2 Å². The third-order valence-corrected chi connectivity index (χ3v) is 5.96. The molecule has 1 aromatic rings. The predicted molar refractivity (Wildman–Crippen MR) is 136 cm³/mol. The summed E-state index contributed by atoms with van der Waals surface area (Å²) in [7, 11) is 0. The van der Waals surface area contributed by atoms with Gasteiger partial charge in [-0.25, -0.2) is 23.6 Å². The second kappa shape index (κ2) is 10.9. The van der Waals surface area contributed by atoms with E-state index < -0.39 is 63.7 Å². The minimum atomic E-state index is -1.76. The van der Waals surface area contributed by atoms with Crippen molar-refractivity contribution in [1.29, 1.82) is 0 Å². The normalized spacial score (nSPS) is 22.2. The van der Waals surface area contributed by atoms with Crippen molar-refractivity contribution in [3.05, 3.63) is 22.7 Å². The van der Waals surface area contributed by atoms with Crippen molar-refractivity contribution >= 4 is 35.9 Å². The molecule has 0 aromatic carbocycles. The lowest BCUT2D eigenvalue weighted by atomic mass is 10.1. The maximum Gasteiger partial charge on any atom is 0.509 e. The number of rotatable bonds is 3. The van der Waals surface area contributed by atoms with Crippen LogP contribution in [0.25, 0.3) is 0 Å². The first kappa shape index (κ1) is 30.4. The van der Waals surface area contributed by atoms with Gasteiger partial charge in [0.25, 0.3) is 0 Å². The highest BCUT2D eigenvalue weighted by Crippen LogP contribution is 2.44. The largest absolute Gasteiger partial charge is 0.509 e. The summed E-state index contributed by atoms with van der Waals surface area (Å²) >= 11 is 1.07. The van der Waals surface area contributed by atoms with Gasteiger partial charge < -0.3 is 18.9 Å². The van der Waals surface area contributed by atoms with Crippen molar-refractivity contribution in [1.82, 2.24) is 9.55 Å². The summed E-state index contributed by atoms with van der Waals surface area (Å²) < 4.78 is 37.2. The molecule has 37 heavy (non-hydrogen) atoms. The number of carbonyl (C=O) groups is 3. The molecule has 4 atom stereocenters. The van der Waals surface area contributed by atoms with E-state index in [-0.39, 0.29) is 5.82 Å². The number of alkyl halides is 1. The molecule has 1 fully saturated rings. The number of ether oxygens (including phenoxy) is 4. The predicted octanol–water partition coefficient (Wildman–Crippen LogP) is 5.21. The van der Waals surface area contributed by atoms with Gasteiger partial charge in [-0.1, -0.05) is 0 Å². The highest BCUT2D eigenvalue weighted by molar-refractivity contribution is 8.00. The maximum absolute atomic E-state index is 15.3. The van der Waals surface area contributed by atoms with Gasteiger partial charge >= 0.3 is 24.0 Å². The number of amides is 2. The van der Waals surface area contributed by atoms with Crippen LogP contribution in [0.5, 0.6) is 0 Å². The molecule has 1 saturated heterocycles. The van der Waals surface area contributed by atoms with Crippen LogP contribution in [-0.2, 0) is 18.9 Å². The van der Waals surface area contributed by atoms with Gasteiger partial charge in [-0.15, -0.1) is 11.8 Å². The average molecular weight is 546 g/mol. The van der Waals surface area contributed by atoms with Gasteiger partial charge in [0.15, 0.2) is 18.1 Å². The van der Waals surface area contributed by atoms with Crippen LogP contribution in [0.1, 0.15) is 74.6 Å². The molecule has 0 radical (unpaired) electrons. The van der Waals surface area contributed by atoms with Gasteiger partial charge in [0.2, 0.25) is 0 Å². The van der Waals surface area contributed by atoms with Crippen molar-refractivity contribution in [3.8, 4) is 0 Å². The first-order chi connectivity index (χ1) is 16.7. The number of aromatic nitrogens is 2. The Labute approximate surface area is 220 Å². The molecule has 0 aliphatic carbocycles. The fourth-order valence-electron chi connectivity index (χ4n) is 3.16. The van der Waals surface area contributed by atoms with E-state index in [0.717, 1.165) is 16.3 Å². The van der Waals surface area contributed by atoms with Crippen molar-refractivity contribution < 1.29 is 37.7 Å². The Morgan fingerprint density at radius 2 is 1.43 bits per heavy atom. The molecule has 2 rings (SSSR count). The van der Waals surface area contributed by atoms with Gasteiger partial charge in [0.1, 0.15) is 22.2 Å². The molecule has 2 amide bonds. The Morgan fingerprint density at radius 1 is 0.946 bits per heavy atom. The van der Waals surface area contributed by atoms with Crippen molar-refractivity contribution in [2.75, 3.05) is 4.90 Å². The molecule has 0 N–H and O–H groups in total. The molecule has 1 aliphatic rings. The Bertz CT molecular complexity index is 1050. The maximum atomic E-state index is 15.3. The summed E-state index contributed by atoms with van der Waals surface area (Å²) in [6, 6.07) is 1.20. The van der Waals surface area contributed by atoms with E-state index in [1.165, 1.54) is 12.3 Å². The highest BCUT2D eigenvalue weighted by atomic mass is 32.2. The summed E-state index contributed by atoms with van der Waals surface area (Å²) in [5.74, 6) is -0.349. The van der Waals surface area contributed by atoms with E-state index in [0.29, 0.717) is 4.90 Å². The molecule has 13 heteroatoms. The molecule has 1 aromatic heterocycles. The Kier molecular flexibility index (Phi) is 8.94. The molecule has 0 saturated carbocycles. The standard InChI is InChI=1S/C24H36FN3O8S/c1-13-16(33-21(32)36-24(8,9)10)15(25)17(37-13)27-12-11-14(26-18(27)29)28(19(30)34-22(2,3)4)20(31)35-23(5,6)7/h11-13,15-17H,1-10H3/t13-,15+,16-,17-/m1/s1. The van der Waals surface area contributed by atoms with Gasteiger partial charge in [-0.05, 0) is 75.3 Å². The van der Waals surface area contributed by atoms with Gasteiger partial charge in [-0.2, -0.15) is 9.88 Å². The van der Waals surface area contributed by atoms with Crippen molar-refractivity contribution in [2.24, 2.45) is 0 Å². The molecule has 0 unspecified atom stereocenters. The monoisotopic (exact) mass is 545 g/mol. The van der Waals surface area contributed by atoms with Gasteiger partial charge in [-0.3, -0.25) is 4.57 Å². The Balaban J connectivity index is 2.34. The molecule has 2 heterocycles. The topological polar surface area (TPSA) is 126 Å². The SMILES string of the molecule is C[C@H]1S[C@@H](n2ccc(N(C(=O)OC(C)(C)C)C(=O)OC(C)(C)C)nc2=O)[C@@H](F)[C@@H]1OC(=O)OC(C)(C)C. The van der Waals surface area contributed by atoms with Gasteiger partial charge in [0, 0.05) is 11.4 Å². The average Bonchev–Trinajstić information content (AvgIpc) is 2.92. The summed E-state index contributed by atoms with van der Waals surface area (Å²) in [6.07, 6.45) is -4.92. The zero-order valence-corrected chi connectivity index (χ0v) is 23.7. The summed E-state index contributed by atoms with van der Waals surface area (Å²) in [5.41, 5.74) is -3.65. The van der Waals surface area contributed by atoms with Crippen molar-refractivity contribution in [3.63, 3.8) is 0 Å². The van der Waals surface area contributed by atoms with Crippen LogP contribution in [0.15, 0.2) is 17.1 Å². The van der Waals surface area contributed by atoms with E-state index >= 15 is 4.39 Å². The first-order valence-corrected chi connectivity index (χ1v) is 12.7. The number of thioether (sulfide) groups is 1. The fraction of sp³-hybridized carbons (Fsp3) is 0.708. The number of imide groups is 1. The summed E-state index contributed by atoms with van der Waals surface area (Å²) in [5, 5.41) is -1.58.